The van der Waals surface area contributed by atoms with Gasteiger partial charge < -0.3 is 5.32 Å². The van der Waals surface area contributed by atoms with Crippen molar-refractivity contribution < 1.29 is 4.79 Å². The van der Waals surface area contributed by atoms with Crippen LogP contribution < -0.4 is 5.32 Å². The molecule has 0 spiro atoms. The zero-order valence-corrected chi connectivity index (χ0v) is 11.6. The highest BCUT2D eigenvalue weighted by molar-refractivity contribution is 7.98. The number of benzene rings is 1. The first-order chi connectivity index (χ1) is 9.78. The van der Waals surface area contributed by atoms with Gasteiger partial charge in [-0.1, -0.05) is 12.1 Å². The molecule has 0 bridgehead atoms. The first-order valence-electron chi connectivity index (χ1n) is 6.03. The second-order valence-corrected chi connectivity index (χ2v) is 4.95. The van der Waals surface area contributed by atoms with Gasteiger partial charge in [0.05, 0.1) is 5.69 Å². The number of carbonyl (C=O) groups is 1. The molecule has 1 aromatic carbocycles. The fraction of sp³-hybridized carbons (Fsp3) is 0.0714. The van der Waals surface area contributed by atoms with Crippen LogP contribution in [0.3, 0.4) is 0 Å². The molecule has 3 aromatic rings. The lowest BCUT2D eigenvalue weighted by Gasteiger charge is -2.08. The van der Waals surface area contributed by atoms with Crippen molar-refractivity contribution in [2.24, 2.45) is 0 Å². The summed E-state index contributed by atoms with van der Waals surface area (Å²) < 4.78 is 1.58. The highest BCUT2D eigenvalue weighted by Crippen LogP contribution is 2.24. The van der Waals surface area contributed by atoms with Crippen molar-refractivity contribution >= 4 is 29.0 Å². The van der Waals surface area contributed by atoms with Crippen molar-refractivity contribution in [3.8, 4) is 0 Å². The third kappa shape index (κ3) is 2.37. The van der Waals surface area contributed by atoms with Gasteiger partial charge in [-0.25, -0.2) is 9.50 Å². The Morgan fingerprint density at radius 2 is 2.10 bits per heavy atom. The summed E-state index contributed by atoms with van der Waals surface area (Å²) in [7, 11) is 0. The molecule has 0 unspecified atom stereocenters. The lowest BCUT2D eigenvalue weighted by molar-refractivity contribution is 0.102. The molecule has 2 heterocycles. The van der Waals surface area contributed by atoms with Crippen LogP contribution >= 0.6 is 11.8 Å². The summed E-state index contributed by atoms with van der Waals surface area (Å²) in [4.78, 5) is 17.3. The van der Waals surface area contributed by atoms with Crippen molar-refractivity contribution in [3.05, 3.63) is 54.5 Å². The Bertz CT molecular complexity index is 768. The number of amides is 1. The first-order valence-corrected chi connectivity index (χ1v) is 7.25. The van der Waals surface area contributed by atoms with E-state index in [2.05, 4.69) is 15.4 Å². The molecule has 5 nitrogen and oxygen atoms in total. The first kappa shape index (κ1) is 12.7. The van der Waals surface area contributed by atoms with Gasteiger partial charge in [-0.2, -0.15) is 5.10 Å². The normalized spacial score (nSPS) is 10.7. The number of imidazole rings is 1. The summed E-state index contributed by atoms with van der Waals surface area (Å²) in [6, 6.07) is 11.1. The summed E-state index contributed by atoms with van der Waals surface area (Å²) in [5.74, 6) is -0.234. The fourth-order valence-electron chi connectivity index (χ4n) is 1.87. The zero-order chi connectivity index (χ0) is 13.9. The van der Waals surface area contributed by atoms with Crippen molar-refractivity contribution in [2.45, 2.75) is 4.90 Å². The molecule has 0 aliphatic rings. The molecule has 6 heteroatoms. The summed E-state index contributed by atoms with van der Waals surface area (Å²) in [5, 5.41) is 7.10. The minimum atomic E-state index is -0.234. The number of rotatable bonds is 3. The van der Waals surface area contributed by atoms with E-state index in [-0.39, 0.29) is 5.91 Å². The van der Waals surface area contributed by atoms with Gasteiger partial charge in [0, 0.05) is 17.3 Å². The minimum Gasteiger partial charge on any atom is -0.320 e. The topological polar surface area (TPSA) is 59.3 Å². The Morgan fingerprint density at radius 3 is 2.95 bits per heavy atom. The highest BCUT2D eigenvalue weighted by atomic mass is 32.2. The number of fused-ring (bicyclic) bond motifs is 1. The molecule has 100 valence electrons. The maximum absolute atomic E-state index is 12.2. The molecule has 0 saturated heterocycles. The summed E-state index contributed by atoms with van der Waals surface area (Å²) in [6.45, 7) is 0. The van der Waals surface area contributed by atoms with Crippen molar-refractivity contribution in [2.75, 3.05) is 11.6 Å². The maximum atomic E-state index is 12.2. The van der Waals surface area contributed by atoms with E-state index in [1.54, 1.807) is 40.8 Å². The average molecular weight is 284 g/mol. The zero-order valence-electron chi connectivity index (χ0n) is 10.8. The van der Waals surface area contributed by atoms with Crippen LogP contribution in [0, 0.1) is 0 Å². The number of anilines is 1. The SMILES string of the molecule is CSc1ccccc1NC(=O)c1ccc2nccn2n1. The van der Waals surface area contributed by atoms with Gasteiger partial charge in [-0.3, -0.25) is 4.79 Å². The van der Waals surface area contributed by atoms with Crippen LogP contribution in [0.4, 0.5) is 5.69 Å². The van der Waals surface area contributed by atoms with E-state index in [4.69, 9.17) is 0 Å². The molecular weight excluding hydrogens is 272 g/mol. The van der Waals surface area contributed by atoms with E-state index in [1.165, 1.54) is 0 Å². The summed E-state index contributed by atoms with van der Waals surface area (Å²) in [5.41, 5.74) is 1.86. The predicted octanol–water partition coefficient (Wildman–Crippen LogP) is 2.70. The number of carbonyl (C=O) groups excluding carboxylic acids is 1. The second kappa shape index (κ2) is 5.34. The van der Waals surface area contributed by atoms with Crippen molar-refractivity contribution in [3.63, 3.8) is 0 Å². The van der Waals surface area contributed by atoms with Gasteiger partial charge in [0.25, 0.3) is 5.91 Å². The standard InChI is InChI=1S/C14H12N4OS/c1-20-12-5-3-2-4-10(12)16-14(19)11-6-7-13-15-8-9-18(13)17-11/h2-9H,1H3,(H,16,19). The van der Waals surface area contributed by atoms with Gasteiger partial charge >= 0.3 is 0 Å². The van der Waals surface area contributed by atoms with Gasteiger partial charge in [-0.05, 0) is 30.5 Å². The molecule has 0 aliphatic carbocycles. The number of thioether (sulfide) groups is 1. The average Bonchev–Trinajstić information content (AvgIpc) is 2.95. The molecule has 20 heavy (non-hydrogen) atoms. The van der Waals surface area contributed by atoms with Crippen molar-refractivity contribution in [1.82, 2.24) is 14.6 Å². The van der Waals surface area contributed by atoms with E-state index < -0.39 is 0 Å². The van der Waals surface area contributed by atoms with Gasteiger partial charge in [0.2, 0.25) is 0 Å². The molecular formula is C14H12N4OS. The number of para-hydroxylation sites is 1. The van der Waals surface area contributed by atoms with E-state index in [9.17, 15) is 4.79 Å². The molecule has 0 radical (unpaired) electrons. The summed E-state index contributed by atoms with van der Waals surface area (Å²) >= 11 is 1.59. The van der Waals surface area contributed by atoms with E-state index in [0.29, 0.717) is 11.3 Å². The molecule has 2 aromatic heterocycles. The third-order valence-electron chi connectivity index (χ3n) is 2.84. The van der Waals surface area contributed by atoms with Crippen LogP contribution in [0.25, 0.3) is 5.65 Å². The van der Waals surface area contributed by atoms with Gasteiger partial charge in [-0.15, -0.1) is 11.8 Å². The molecule has 0 atom stereocenters. The minimum absolute atomic E-state index is 0.234. The number of nitrogens with one attached hydrogen (secondary N) is 1. The van der Waals surface area contributed by atoms with Crippen LogP contribution in [-0.4, -0.2) is 26.8 Å². The van der Waals surface area contributed by atoms with E-state index in [0.717, 1.165) is 10.6 Å². The Hall–Kier alpha value is -2.34. The monoisotopic (exact) mass is 284 g/mol. The number of nitrogens with zero attached hydrogens (tertiary/aromatic N) is 3. The molecule has 1 N–H and O–H groups in total. The van der Waals surface area contributed by atoms with Gasteiger partial charge in [0.15, 0.2) is 5.65 Å². The van der Waals surface area contributed by atoms with Crippen molar-refractivity contribution in [1.29, 1.82) is 0 Å². The van der Waals surface area contributed by atoms with Crippen LogP contribution in [0.2, 0.25) is 0 Å². The molecule has 0 fully saturated rings. The number of hydrogen-bond acceptors (Lipinski definition) is 4. The fourth-order valence-corrected chi connectivity index (χ4v) is 2.42. The maximum Gasteiger partial charge on any atom is 0.276 e. The highest BCUT2D eigenvalue weighted by Gasteiger charge is 2.11. The van der Waals surface area contributed by atoms with Gasteiger partial charge in [0.1, 0.15) is 5.69 Å². The van der Waals surface area contributed by atoms with E-state index in [1.807, 2.05) is 30.5 Å². The molecule has 0 aliphatic heterocycles. The Balaban J connectivity index is 1.88. The molecule has 1 amide bonds. The predicted molar refractivity (Wildman–Crippen MR) is 79.2 cm³/mol. The molecule has 0 saturated carbocycles. The van der Waals surface area contributed by atoms with Crippen LogP contribution in [0.15, 0.2) is 53.7 Å². The summed E-state index contributed by atoms with van der Waals surface area (Å²) in [6.07, 6.45) is 5.33. The third-order valence-corrected chi connectivity index (χ3v) is 3.64. The largest absolute Gasteiger partial charge is 0.320 e. The smallest absolute Gasteiger partial charge is 0.276 e. The van der Waals surface area contributed by atoms with E-state index >= 15 is 0 Å². The Morgan fingerprint density at radius 1 is 1.25 bits per heavy atom. The lowest BCUT2D eigenvalue weighted by Crippen LogP contribution is -2.15. The number of hydrogen-bond donors (Lipinski definition) is 1. The Labute approximate surface area is 120 Å². The quantitative estimate of drug-likeness (QED) is 0.751. The van der Waals surface area contributed by atoms with Crippen LogP contribution in [0.5, 0.6) is 0 Å². The second-order valence-electron chi connectivity index (χ2n) is 4.10. The van der Waals surface area contributed by atoms with Crippen LogP contribution in [-0.2, 0) is 0 Å². The van der Waals surface area contributed by atoms with Crippen LogP contribution in [0.1, 0.15) is 10.5 Å². The molecule has 3 rings (SSSR count). The number of aromatic nitrogens is 3. The Kier molecular flexibility index (Phi) is 3.39. The lowest BCUT2D eigenvalue weighted by atomic mass is 10.3.